The SMILES string of the molecule is O=C(Nc1ncc(Br)cc1[N+](=O)[O-])c1cc([N+](=O)[O-])ccc1Cl. The van der Waals surface area contributed by atoms with Crippen LogP contribution in [0.1, 0.15) is 10.4 Å². The number of amides is 1. The molecule has 1 heterocycles. The Hall–Kier alpha value is -2.59. The zero-order valence-corrected chi connectivity index (χ0v) is 13.4. The number of nitro benzene ring substituents is 1. The molecule has 0 atom stereocenters. The second-order valence-corrected chi connectivity index (χ2v) is 5.48. The van der Waals surface area contributed by atoms with Crippen molar-refractivity contribution in [1.29, 1.82) is 0 Å². The zero-order chi connectivity index (χ0) is 17.1. The Morgan fingerprint density at radius 2 is 1.91 bits per heavy atom. The van der Waals surface area contributed by atoms with Crippen LogP contribution in [-0.4, -0.2) is 20.7 Å². The van der Waals surface area contributed by atoms with Gasteiger partial charge in [-0.05, 0) is 22.0 Å². The molecule has 9 nitrogen and oxygen atoms in total. The van der Waals surface area contributed by atoms with Gasteiger partial charge in [-0.2, -0.15) is 0 Å². The van der Waals surface area contributed by atoms with Gasteiger partial charge in [0.05, 0.1) is 20.4 Å². The average molecular weight is 402 g/mol. The molecular weight excluding hydrogens is 396 g/mol. The number of nitrogens with zero attached hydrogens (tertiary/aromatic N) is 3. The summed E-state index contributed by atoms with van der Waals surface area (Å²) in [5.74, 6) is -1.15. The molecule has 0 aliphatic carbocycles. The molecule has 0 unspecified atom stereocenters. The van der Waals surface area contributed by atoms with E-state index in [1.54, 1.807) is 0 Å². The van der Waals surface area contributed by atoms with Crippen LogP contribution in [-0.2, 0) is 0 Å². The Kier molecular flexibility index (Phi) is 4.86. The van der Waals surface area contributed by atoms with E-state index in [1.165, 1.54) is 12.3 Å². The van der Waals surface area contributed by atoms with E-state index in [4.69, 9.17) is 11.6 Å². The van der Waals surface area contributed by atoms with Crippen molar-refractivity contribution in [3.05, 3.63) is 65.7 Å². The Morgan fingerprint density at radius 3 is 2.52 bits per heavy atom. The van der Waals surface area contributed by atoms with Gasteiger partial charge >= 0.3 is 5.69 Å². The minimum absolute atomic E-state index is 0.0344. The van der Waals surface area contributed by atoms with E-state index < -0.39 is 21.4 Å². The van der Waals surface area contributed by atoms with Gasteiger partial charge in [0.2, 0.25) is 5.82 Å². The molecule has 0 radical (unpaired) electrons. The summed E-state index contributed by atoms with van der Waals surface area (Å²) >= 11 is 8.88. The number of nitrogens with one attached hydrogen (secondary N) is 1. The number of non-ortho nitro benzene ring substituents is 1. The van der Waals surface area contributed by atoms with Gasteiger partial charge in [-0.25, -0.2) is 4.98 Å². The summed E-state index contributed by atoms with van der Waals surface area (Å²) in [5, 5.41) is 23.9. The van der Waals surface area contributed by atoms with Crippen LogP contribution in [0.3, 0.4) is 0 Å². The first-order valence-corrected chi connectivity index (χ1v) is 7.02. The molecule has 1 amide bonds. The normalized spacial score (nSPS) is 10.2. The van der Waals surface area contributed by atoms with Crippen LogP contribution in [0.4, 0.5) is 17.2 Å². The molecule has 1 N–H and O–H groups in total. The predicted octanol–water partition coefficient (Wildman–Crippen LogP) is 3.57. The number of nitro groups is 2. The van der Waals surface area contributed by atoms with Gasteiger partial charge in [0.1, 0.15) is 0 Å². The van der Waals surface area contributed by atoms with E-state index in [0.29, 0.717) is 4.47 Å². The van der Waals surface area contributed by atoms with E-state index in [2.05, 4.69) is 26.2 Å². The molecule has 0 bridgehead atoms. The lowest BCUT2D eigenvalue weighted by molar-refractivity contribution is -0.384. The van der Waals surface area contributed by atoms with Crippen molar-refractivity contribution in [2.45, 2.75) is 0 Å². The molecule has 1 aromatic heterocycles. The maximum absolute atomic E-state index is 12.2. The highest BCUT2D eigenvalue weighted by molar-refractivity contribution is 9.10. The van der Waals surface area contributed by atoms with Crippen molar-refractivity contribution >= 4 is 50.6 Å². The maximum Gasteiger partial charge on any atom is 0.312 e. The van der Waals surface area contributed by atoms with Gasteiger partial charge in [-0.1, -0.05) is 11.6 Å². The number of carbonyl (C=O) groups excluding carboxylic acids is 1. The number of halogens is 2. The highest BCUT2D eigenvalue weighted by Gasteiger charge is 2.21. The Balaban J connectivity index is 2.39. The molecule has 0 spiro atoms. The highest BCUT2D eigenvalue weighted by Crippen LogP contribution is 2.27. The van der Waals surface area contributed by atoms with Crippen molar-refractivity contribution in [2.24, 2.45) is 0 Å². The van der Waals surface area contributed by atoms with Gasteiger partial charge in [0.25, 0.3) is 11.6 Å². The monoisotopic (exact) mass is 400 g/mol. The van der Waals surface area contributed by atoms with E-state index in [0.717, 1.165) is 18.2 Å². The second kappa shape index (κ2) is 6.67. The average Bonchev–Trinajstić information content (AvgIpc) is 2.48. The number of anilines is 1. The van der Waals surface area contributed by atoms with Crippen LogP contribution < -0.4 is 5.32 Å². The molecule has 0 fully saturated rings. The zero-order valence-electron chi connectivity index (χ0n) is 11.0. The van der Waals surface area contributed by atoms with Gasteiger partial charge in [-0.15, -0.1) is 0 Å². The number of carbonyl (C=O) groups is 1. The van der Waals surface area contributed by atoms with Crippen molar-refractivity contribution in [2.75, 3.05) is 5.32 Å². The summed E-state index contributed by atoms with van der Waals surface area (Å²) < 4.78 is 0.357. The number of hydrogen-bond donors (Lipinski definition) is 1. The van der Waals surface area contributed by atoms with E-state index in [1.807, 2.05) is 0 Å². The maximum atomic E-state index is 12.2. The van der Waals surface area contributed by atoms with Crippen LogP contribution in [0.5, 0.6) is 0 Å². The highest BCUT2D eigenvalue weighted by atomic mass is 79.9. The summed E-state index contributed by atoms with van der Waals surface area (Å²) in [5.41, 5.74) is -0.966. The molecule has 0 saturated carbocycles. The standard InChI is InChI=1S/C12H6BrClN4O5/c13-6-3-10(18(22)23)11(15-5-6)16-12(19)8-4-7(17(20)21)1-2-9(8)14/h1-5H,(H,15,16,19). The van der Waals surface area contributed by atoms with E-state index in [9.17, 15) is 25.0 Å². The molecule has 118 valence electrons. The van der Waals surface area contributed by atoms with Gasteiger partial charge in [0.15, 0.2) is 0 Å². The fourth-order valence-electron chi connectivity index (χ4n) is 1.64. The van der Waals surface area contributed by atoms with E-state index >= 15 is 0 Å². The predicted molar refractivity (Wildman–Crippen MR) is 84.7 cm³/mol. The number of benzene rings is 1. The van der Waals surface area contributed by atoms with Gasteiger partial charge in [0, 0.05) is 28.9 Å². The van der Waals surface area contributed by atoms with Crippen molar-refractivity contribution in [3.63, 3.8) is 0 Å². The lowest BCUT2D eigenvalue weighted by Crippen LogP contribution is -2.15. The molecule has 0 aliphatic rings. The van der Waals surface area contributed by atoms with Crippen LogP contribution in [0.2, 0.25) is 5.02 Å². The lowest BCUT2D eigenvalue weighted by atomic mass is 10.2. The van der Waals surface area contributed by atoms with Crippen LogP contribution in [0.25, 0.3) is 0 Å². The fraction of sp³-hybridized carbons (Fsp3) is 0. The molecule has 2 aromatic rings. The minimum Gasteiger partial charge on any atom is -0.301 e. The molecule has 0 aliphatic heterocycles. The summed E-state index contributed by atoms with van der Waals surface area (Å²) in [6.45, 7) is 0. The Morgan fingerprint density at radius 1 is 1.22 bits per heavy atom. The lowest BCUT2D eigenvalue weighted by Gasteiger charge is -2.07. The summed E-state index contributed by atoms with van der Waals surface area (Å²) in [4.78, 5) is 36.3. The third-order valence-corrected chi connectivity index (χ3v) is 3.43. The quantitative estimate of drug-likeness (QED) is 0.616. The van der Waals surface area contributed by atoms with Crippen LogP contribution >= 0.6 is 27.5 Å². The topological polar surface area (TPSA) is 128 Å². The van der Waals surface area contributed by atoms with Crippen molar-refractivity contribution < 1.29 is 14.6 Å². The largest absolute Gasteiger partial charge is 0.312 e. The second-order valence-electron chi connectivity index (χ2n) is 4.15. The smallest absolute Gasteiger partial charge is 0.301 e. The van der Waals surface area contributed by atoms with Gasteiger partial charge < -0.3 is 5.32 Å². The number of aromatic nitrogens is 1. The van der Waals surface area contributed by atoms with Crippen molar-refractivity contribution in [3.8, 4) is 0 Å². The first-order chi connectivity index (χ1) is 10.8. The minimum atomic E-state index is -0.850. The Labute approximate surface area is 141 Å². The fourth-order valence-corrected chi connectivity index (χ4v) is 2.16. The van der Waals surface area contributed by atoms with E-state index in [-0.39, 0.29) is 22.1 Å². The van der Waals surface area contributed by atoms with Gasteiger partial charge in [-0.3, -0.25) is 25.0 Å². The number of pyridine rings is 1. The molecular formula is C12H6BrClN4O5. The van der Waals surface area contributed by atoms with Crippen LogP contribution in [0, 0.1) is 20.2 Å². The number of hydrogen-bond acceptors (Lipinski definition) is 6. The summed E-state index contributed by atoms with van der Waals surface area (Å²) in [6, 6.07) is 4.47. The molecule has 11 heteroatoms. The molecule has 2 rings (SSSR count). The summed E-state index contributed by atoms with van der Waals surface area (Å²) in [6.07, 6.45) is 1.26. The third kappa shape index (κ3) is 3.79. The molecule has 1 aromatic carbocycles. The Bertz CT molecular complexity index is 829. The first-order valence-electron chi connectivity index (χ1n) is 5.85. The third-order valence-electron chi connectivity index (χ3n) is 2.67. The molecule has 23 heavy (non-hydrogen) atoms. The molecule has 0 saturated heterocycles. The van der Waals surface area contributed by atoms with Crippen molar-refractivity contribution in [1.82, 2.24) is 4.98 Å². The number of rotatable bonds is 4. The summed E-state index contributed by atoms with van der Waals surface area (Å²) in [7, 11) is 0. The van der Waals surface area contributed by atoms with Crippen LogP contribution in [0.15, 0.2) is 34.9 Å². The first kappa shape index (κ1) is 16.8.